The number of aryl methyl sites for hydroxylation is 1. The third kappa shape index (κ3) is 6.69. The van der Waals surface area contributed by atoms with Crippen LogP contribution in [0.25, 0.3) is 0 Å². The fourth-order valence-electron chi connectivity index (χ4n) is 2.23. The number of rotatable bonds is 9. The van der Waals surface area contributed by atoms with E-state index in [-0.39, 0.29) is 12.1 Å². The molecule has 0 saturated carbocycles. The monoisotopic (exact) mass is 293 g/mol. The highest BCUT2D eigenvalue weighted by Gasteiger charge is 2.15. The van der Waals surface area contributed by atoms with Gasteiger partial charge in [0.1, 0.15) is 0 Å². The molecule has 0 aliphatic carbocycles. The first-order valence-electron chi connectivity index (χ1n) is 7.58. The lowest BCUT2D eigenvalue weighted by Crippen LogP contribution is -2.16. The molecule has 1 aromatic heterocycles. The Kier molecular flexibility index (Phi) is 7.18. The minimum atomic E-state index is -0.200. The van der Waals surface area contributed by atoms with Crippen molar-refractivity contribution in [1.82, 2.24) is 4.98 Å². The Morgan fingerprint density at radius 2 is 2.38 bits per heavy atom. The highest BCUT2D eigenvalue weighted by Crippen LogP contribution is 2.11. The topological polar surface area (TPSA) is 57.7 Å². The van der Waals surface area contributed by atoms with Crippen LogP contribution in [0.5, 0.6) is 0 Å². The molecule has 1 aliphatic heterocycles. The van der Waals surface area contributed by atoms with Crippen molar-refractivity contribution in [2.24, 2.45) is 0 Å². The molecule has 0 amide bonds. The summed E-state index contributed by atoms with van der Waals surface area (Å²) in [5, 5.41) is 0. The summed E-state index contributed by atoms with van der Waals surface area (Å²) >= 11 is 0. The lowest BCUT2D eigenvalue weighted by atomic mass is 10.2. The molecule has 1 aliphatic rings. The Bertz CT molecular complexity index is 404. The van der Waals surface area contributed by atoms with Crippen molar-refractivity contribution >= 4 is 5.97 Å². The number of esters is 1. The van der Waals surface area contributed by atoms with E-state index in [2.05, 4.69) is 4.98 Å². The number of carbonyl (C=O) groups excluding carboxylic acids is 1. The van der Waals surface area contributed by atoms with E-state index in [1.54, 1.807) is 6.20 Å². The van der Waals surface area contributed by atoms with Gasteiger partial charge in [0.25, 0.3) is 0 Å². The predicted molar refractivity (Wildman–Crippen MR) is 77.9 cm³/mol. The second-order valence-electron chi connectivity index (χ2n) is 5.15. The molecule has 116 valence electrons. The molecule has 0 bridgehead atoms. The van der Waals surface area contributed by atoms with Crippen molar-refractivity contribution in [1.29, 1.82) is 0 Å². The second kappa shape index (κ2) is 9.47. The molecule has 1 aromatic rings. The molecule has 0 radical (unpaired) electrons. The van der Waals surface area contributed by atoms with Gasteiger partial charge in [-0.05, 0) is 37.3 Å². The maximum atomic E-state index is 11.5. The molecule has 2 rings (SSSR count). The highest BCUT2D eigenvalue weighted by molar-refractivity contribution is 5.69. The number of ether oxygens (including phenoxy) is 3. The van der Waals surface area contributed by atoms with E-state index in [9.17, 15) is 4.79 Å². The van der Waals surface area contributed by atoms with Gasteiger partial charge in [0.2, 0.25) is 0 Å². The summed E-state index contributed by atoms with van der Waals surface area (Å²) in [5.41, 5.74) is 1.16. The first-order valence-corrected chi connectivity index (χ1v) is 7.58. The minimum absolute atomic E-state index is 0.200. The molecule has 21 heavy (non-hydrogen) atoms. The van der Waals surface area contributed by atoms with Gasteiger partial charge in [-0.2, -0.15) is 0 Å². The van der Waals surface area contributed by atoms with Crippen LogP contribution in [-0.4, -0.2) is 43.5 Å². The Morgan fingerprint density at radius 3 is 3.14 bits per heavy atom. The van der Waals surface area contributed by atoms with E-state index in [1.165, 1.54) is 0 Å². The van der Waals surface area contributed by atoms with Gasteiger partial charge in [-0.25, -0.2) is 0 Å². The smallest absolute Gasteiger partial charge is 0.308 e. The van der Waals surface area contributed by atoms with Crippen LogP contribution in [0, 0.1) is 0 Å². The van der Waals surface area contributed by atoms with E-state index < -0.39 is 0 Å². The minimum Gasteiger partial charge on any atom is -0.466 e. The quantitative estimate of drug-likeness (QED) is 0.516. The molecule has 0 aromatic carbocycles. The van der Waals surface area contributed by atoms with Crippen molar-refractivity contribution < 1.29 is 19.0 Å². The van der Waals surface area contributed by atoms with Crippen molar-refractivity contribution in [3.63, 3.8) is 0 Å². The summed E-state index contributed by atoms with van der Waals surface area (Å²) < 4.78 is 16.0. The molecular weight excluding hydrogens is 270 g/mol. The fraction of sp³-hybridized carbons (Fsp3) is 0.625. The molecule has 1 unspecified atom stereocenters. The molecule has 5 nitrogen and oxygen atoms in total. The van der Waals surface area contributed by atoms with Crippen LogP contribution in [0.4, 0.5) is 0 Å². The van der Waals surface area contributed by atoms with Gasteiger partial charge in [-0.3, -0.25) is 9.78 Å². The Balaban J connectivity index is 1.44. The molecule has 5 heteroatoms. The largest absolute Gasteiger partial charge is 0.466 e. The van der Waals surface area contributed by atoms with Crippen LogP contribution in [0.3, 0.4) is 0 Å². The summed E-state index contributed by atoms with van der Waals surface area (Å²) in [6.45, 7) is 2.25. The molecule has 2 heterocycles. The highest BCUT2D eigenvalue weighted by atomic mass is 16.5. The Labute approximate surface area is 125 Å². The van der Waals surface area contributed by atoms with Crippen LogP contribution < -0.4 is 0 Å². The van der Waals surface area contributed by atoms with E-state index in [0.717, 1.165) is 37.9 Å². The van der Waals surface area contributed by atoms with Gasteiger partial charge in [0, 0.05) is 19.0 Å². The van der Waals surface area contributed by atoms with Crippen LogP contribution in [0.1, 0.15) is 31.2 Å². The summed E-state index contributed by atoms with van der Waals surface area (Å²) in [6.07, 6.45) is 7.94. The molecular formula is C16H23NO4. The lowest BCUT2D eigenvalue weighted by Gasteiger charge is -2.09. The lowest BCUT2D eigenvalue weighted by molar-refractivity contribution is -0.145. The summed E-state index contributed by atoms with van der Waals surface area (Å²) in [6, 6.07) is 3.93. The maximum absolute atomic E-state index is 11.5. The molecule has 1 saturated heterocycles. The normalized spacial score (nSPS) is 17.8. The van der Waals surface area contributed by atoms with E-state index in [1.807, 2.05) is 18.3 Å². The Hall–Kier alpha value is -1.46. The number of carbonyl (C=O) groups is 1. The van der Waals surface area contributed by atoms with Gasteiger partial charge in [-0.1, -0.05) is 6.07 Å². The zero-order chi connectivity index (χ0) is 14.8. The van der Waals surface area contributed by atoms with E-state index in [0.29, 0.717) is 26.2 Å². The predicted octanol–water partition coefficient (Wildman–Crippen LogP) is 2.14. The zero-order valence-corrected chi connectivity index (χ0v) is 12.3. The molecule has 0 N–H and O–H groups in total. The first-order chi connectivity index (χ1) is 10.3. The zero-order valence-electron chi connectivity index (χ0n) is 12.3. The third-order valence-corrected chi connectivity index (χ3v) is 3.37. The van der Waals surface area contributed by atoms with Crippen LogP contribution >= 0.6 is 0 Å². The average molecular weight is 293 g/mol. The van der Waals surface area contributed by atoms with Crippen LogP contribution in [0.2, 0.25) is 0 Å². The SMILES string of the molecule is O=C(CCOCC1CCCO1)OCCCc1cccnc1. The fourth-order valence-corrected chi connectivity index (χ4v) is 2.23. The van der Waals surface area contributed by atoms with Crippen molar-refractivity contribution in [3.05, 3.63) is 30.1 Å². The van der Waals surface area contributed by atoms with Crippen LogP contribution in [-0.2, 0) is 25.4 Å². The molecule has 0 spiro atoms. The van der Waals surface area contributed by atoms with Gasteiger partial charge in [0.15, 0.2) is 0 Å². The standard InChI is InChI=1S/C16H23NO4/c18-16(7-11-19-13-15-6-3-9-20-15)21-10-2-5-14-4-1-8-17-12-14/h1,4,8,12,15H,2-3,5-7,9-11,13H2. The summed E-state index contributed by atoms with van der Waals surface area (Å²) in [7, 11) is 0. The number of hydrogen-bond acceptors (Lipinski definition) is 5. The number of aromatic nitrogens is 1. The van der Waals surface area contributed by atoms with Crippen molar-refractivity contribution in [3.8, 4) is 0 Å². The van der Waals surface area contributed by atoms with Gasteiger partial charge >= 0.3 is 5.97 Å². The van der Waals surface area contributed by atoms with E-state index in [4.69, 9.17) is 14.2 Å². The molecule has 1 atom stereocenters. The van der Waals surface area contributed by atoms with E-state index >= 15 is 0 Å². The van der Waals surface area contributed by atoms with Gasteiger partial charge < -0.3 is 14.2 Å². The number of hydrogen-bond donors (Lipinski definition) is 0. The van der Waals surface area contributed by atoms with Gasteiger partial charge in [-0.15, -0.1) is 0 Å². The summed E-state index contributed by atoms with van der Waals surface area (Å²) in [4.78, 5) is 15.6. The second-order valence-corrected chi connectivity index (χ2v) is 5.15. The van der Waals surface area contributed by atoms with Crippen molar-refractivity contribution in [2.75, 3.05) is 26.4 Å². The summed E-state index contributed by atoms with van der Waals surface area (Å²) in [5.74, 6) is -0.200. The average Bonchev–Trinajstić information content (AvgIpc) is 3.02. The van der Waals surface area contributed by atoms with Gasteiger partial charge in [0.05, 0.1) is 32.3 Å². The number of nitrogens with zero attached hydrogens (tertiary/aromatic N) is 1. The first kappa shape index (κ1) is 15.9. The van der Waals surface area contributed by atoms with Crippen molar-refractivity contribution in [2.45, 2.75) is 38.2 Å². The molecule has 1 fully saturated rings. The van der Waals surface area contributed by atoms with Crippen LogP contribution in [0.15, 0.2) is 24.5 Å². The Morgan fingerprint density at radius 1 is 1.43 bits per heavy atom. The number of pyridine rings is 1. The third-order valence-electron chi connectivity index (χ3n) is 3.37. The maximum Gasteiger partial charge on any atom is 0.308 e.